The van der Waals surface area contributed by atoms with E-state index in [2.05, 4.69) is 16.5 Å². The molecule has 1 aromatic carbocycles. The van der Waals surface area contributed by atoms with Crippen molar-refractivity contribution in [3.63, 3.8) is 0 Å². The standard InChI is InChI=1S/C18H15ClN3O3.Y/c1-22-9-15(17(24)14-6-13(10-23)20-8-16(14)22)18(25)21-7-11-2-4-12(19)5-3-11;/h2-6,9,23H,7,10H2,1H3,(H,21,25);/q-1;. The summed E-state index contributed by atoms with van der Waals surface area (Å²) in [5.41, 5.74) is 1.26. The van der Waals surface area contributed by atoms with Gasteiger partial charge in [-0.25, -0.2) is 0 Å². The van der Waals surface area contributed by atoms with E-state index in [0.29, 0.717) is 21.6 Å². The zero-order valence-electron chi connectivity index (χ0n) is 14.0. The molecule has 26 heavy (non-hydrogen) atoms. The van der Waals surface area contributed by atoms with Crippen molar-refractivity contribution in [1.82, 2.24) is 14.9 Å². The van der Waals surface area contributed by atoms with Gasteiger partial charge in [0.2, 0.25) is 0 Å². The number of pyridine rings is 2. The molecule has 2 heterocycles. The van der Waals surface area contributed by atoms with E-state index in [9.17, 15) is 14.7 Å². The average Bonchev–Trinajstić information content (AvgIpc) is 2.63. The Bertz CT molecular complexity index is 1000. The van der Waals surface area contributed by atoms with Crippen molar-refractivity contribution >= 4 is 28.4 Å². The average molecular weight is 446 g/mol. The molecular weight excluding hydrogens is 431 g/mol. The Morgan fingerprint density at radius 1 is 1.35 bits per heavy atom. The Morgan fingerprint density at radius 3 is 2.69 bits per heavy atom. The van der Waals surface area contributed by atoms with Gasteiger partial charge in [-0.1, -0.05) is 35.3 Å². The third-order valence-corrected chi connectivity index (χ3v) is 4.06. The summed E-state index contributed by atoms with van der Waals surface area (Å²) < 4.78 is 1.61. The van der Waals surface area contributed by atoms with Gasteiger partial charge in [-0.05, 0) is 28.9 Å². The minimum Gasteiger partial charge on any atom is -0.403 e. The Labute approximate surface area is 180 Å². The maximum Gasteiger partial charge on any atom is 0.255 e. The van der Waals surface area contributed by atoms with Crippen LogP contribution in [0.3, 0.4) is 0 Å². The van der Waals surface area contributed by atoms with Crippen LogP contribution in [-0.4, -0.2) is 20.6 Å². The summed E-state index contributed by atoms with van der Waals surface area (Å²) in [5, 5.41) is 12.8. The molecule has 2 aromatic heterocycles. The van der Waals surface area contributed by atoms with Crippen molar-refractivity contribution in [3.05, 3.63) is 74.8 Å². The number of carbonyl (C=O) groups excluding carboxylic acids is 1. The number of aryl methyl sites for hydroxylation is 1. The first-order valence-electron chi connectivity index (χ1n) is 7.54. The second kappa shape index (κ2) is 8.86. The summed E-state index contributed by atoms with van der Waals surface area (Å²) in [7, 11) is 1.70. The van der Waals surface area contributed by atoms with Crippen LogP contribution in [0, 0.1) is 6.20 Å². The quantitative estimate of drug-likeness (QED) is 0.600. The van der Waals surface area contributed by atoms with Crippen LogP contribution in [0.1, 0.15) is 21.6 Å². The number of aliphatic hydroxyl groups excluding tert-OH is 1. The summed E-state index contributed by atoms with van der Waals surface area (Å²) in [6.07, 6.45) is 4.17. The van der Waals surface area contributed by atoms with E-state index in [1.807, 2.05) is 0 Å². The fourth-order valence-corrected chi connectivity index (χ4v) is 2.60. The van der Waals surface area contributed by atoms with Crippen LogP contribution >= 0.6 is 11.6 Å². The second-order valence-corrected chi connectivity index (χ2v) is 6.01. The van der Waals surface area contributed by atoms with Gasteiger partial charge in [0.05, 0.1) is 5.56 Å². The number of hydrogen-bond donors (Lipinski definition) is 2. The van der Waals surface area contributed by atoms with Crippen molar-refractivity contribution in [1.29, 1.82) is 0 Å². The minimum absolute atomic E-state index is 0. The first kappa shape index (κ1) is 20.7. The van der Waals surface area contributed by atoms with E-state index in [1.165, 1.54) is 12.3 Å². The van der Waals surface area contributed by atoms with Gasteiger partial charge in [-0.15, -0.1) is 6.07 Å². The summed E-state index contributed by atoms with van der Waals surface area (Å²) in [6.45, 7) is -0.0237. The molecule has 6 nitrogen and oxygen atoms in total. The molecule has 0 unspecified atom stereocenters. The van der Waals surface area contributed by atoms with E-state index >= 15 is 0 Å². The zero-order chi connectivity index (χ0) is 18.0. The first-order valence-corrected chi connectivity index (χ1v) is 7.92. The molecule has 0 aliphatic heterocycles. The van der Waals surface area contributed by atoms with Gasteiger partial charge >= 0.3 is 0 Å². The molecule has 0 aliphatic rings. The second-order valence-electron chi connectivity index (χ2n) is 5.57. The predicted octanol–water partition coefficient (Wildman–Crippen LogP) is 1.81. The molecule has 0 saturated carbocycles. The van der Waals surface area contributed by atoms with Crippen LogP contribution in [-0.2, 0) is 52.9 Å². The largest absolute Gasteiger partial charge is 0.403 e. The van der Waals surface area contributed by atoms with Gasteiger partial charge in [0.25, 0.3) is 5.91 Å². The Hall–Kier alpha value is -1.60. The summed E-state index contributed by atoms with van der Waals surface area (Å²) >= 11 is 5.83. The first-order chi connectivity index (χ1) is 12.0. The summed E-state index contributed by atoms with van der Waals surface area (Å²) in [4.78, 5) is 29.0. The molecule has 0 bridgehead atoms. The monoisotopic (exact) mass is 445 g/mol. The Morgan fingerprint density at radius 2 is 2.04 bits per heavy atom. The van der Waals surface area contributed by atoms with Crippen LogP contribution in [0.2, 0.25) is 5.02 Å². The fourth-order valence-electron chi connectivity index (χ4n) is 2.48. The van der Waals surface area contributed by atoms with Crippen molar-refractivity contribution in [3.8, 4) is 0 Å². The van der Waals surface area contributed by atoms with Gasteiger partial charge < -0.3 is 24.8 Å². The van der Waals surface area contributed by atoms with Gasteiger partial charge in [-0.3, -0.25) is 4.79 Å². The molecule has 3 aromatic rings. The third kappa shape index (κ3) is 4.38. The number of hydrogen-bond acceptors (Lipinski definition) is 4. The zero-order valence-corrected chi connectivity index (χ0v) is 17.6. The minimum atomic E-state index is -0.472. The molecule has 0 spiro atoms. The SMILES string of the molecule is Cn1cc(C(=O)NCc2ccc(Cl)cc2)c(=O)c2cc(CO)n[c-]c21.[Y]. The maximum absolute atomic E-state index is 12.6. The van der Waals surface area contributed by atoms with Crippen molar-refractivity contribution < 1.29 is 42.6 Å². The number of rotatable bonds is 4. The molecule has 0 aliphatic carbocycles. The Balaban J connectivity index is 0.00000243. The van der Waals surface area contributed by atoms with E-state index < -0.39 is 11.3 Å². The van der Waals surface area contributed by atoms with Crippen LogP contribution < -0.4 is 10.7 Å². The van der Waals surface area contributed by atoms with Gasteiger partial charge in [-0.2, -0.15) is 0 Å². The summed E-state index contributed by atoms with van der Waals surface area (Å²) in [6, 6.07) is 8.55. The normalized spacial score (nSPS) is 10.4. The molecule has 2 N–H and O–H groups in total. The number of benzene rings is 1. The number of aliphatic hydroxyl groups is 1. The molecule has 0 fully saturated rings. The number of amides is 1. The number of nitrogens with one attached hydrogen (secondary N) is 1. The number of halogens is 1. The molecule has 8 heteroatoms. The molecule has 1 radical (unpaired) electrons. The fraction of sp³-hybridized carbons (Fsp3) is 0.167. The molecule has 131 valence electrons. The molecular formula is C18H15ClN3O3Y-. The summed E-state index contributed by atoms with van der Waals surface area (Å²) in [5.74, 6) is -0.472. The van der Waals surface area contributed by atoms with Crippen molar-refractivity contribution in [2.75, 3.05) is 0 Å². The molecule has 0 atom stereocenters. The maximum atomic E-state index is 12.6. The van der Waals surface area contributed by atoms with Crippen molar-refractivity contribution in [2.45, 2.75) is 13.2 Å². The van der Waals surface area contributed by atoms with Gasteiger partial charge in [0, 0.05) is 64.1 Å². The van der Waals surface area contributed by atoms with Crippen LogP contribution in [0.4, 0.5) is 0 Å². The van der Waals surface area contributed by atoms with Gasteiger partial charge in [0.1, 0.15) is 5.43 Å². The molecule has 1 amide bonds. The topological polar surface area (TPSA) is 84.2 Å². The molecule has 3 rings (SSSR count). The van der Waals surface area contributed by atoms with Crippen LogP contribution in [0.5, 0.6) is 0 Å². The third-order valence-electron chi connectivity index (χ3n) is 3.81. The van der Waals surface area contributed by atoms with Gasteiger partial charge in [0.15, 0.2) is 0 Å². The van der Waals surface area contributed by atoms with E-state index in [1.54, 1.807) is 35.9 Å². The predicted molar refractivity (Wildman–Crippen MR) is 94.4 cm³/mol. The van der Waals surface area contributed by atoms with Crippen molar-refractivity contribution in [2.24, 2.45) is 7.05 Å². The van der Waals surface area contributed by atoms with E-state index in [-0.39, 0.29) is 51.4 Å². The van der Waals surface area contributed by atoms with Crippen LogP contribution in [0.25, 0.3) is 10.9 Å². The number of aromatic nitrogens is 2. The number of nitrogens with zero attached hydrogens (tertiary/aromatic N) is 2. The van der Waals surface area contributed by atoms with E-state index in [0.717, 1.165) is 5.56 Å². The number of carbonyl (C=O) groups is 1. The number of fused-ring (bicyclic) bond motifs is 1. The van der Waals surface area contributed by atoms with Crippen LogP contribution in [0.15, 0.2) is 41.3 Å². The van der Waals surface area contributed by atoms with E-state index in [4.69, 9.17) is 11.6 Å². The molecule has 0 saturated heterocycles. The Kier molecular flexibility index (Phi) is 7.06. The smallest absolute Gasteiger partial charge is 0.255 e.